The van der Waals surface area contributed by atoms with E-state index in [2.05, 4.69) is 41.8 Å². The van der Waals surface area contributed by atoms with Crippen LogP contribution in [0.3, 0.4) is 0 Å². The molecule has 1 fully saturated rings. The van der Waals surface area contributed by atoms with Gasteiger partial charge in [-0.25, -0.2) is 5.43 Å². The topological polar surface area (TPSA) is 47.3 Å². The zero-order chi connectivity index (χ0) is 13.1. The van der Waals surface area contributed by atoms with Gasteiger partial charge in [-0.05, 0) is 37.3 Å². The smallest absolute Gasteiger partial charge is 0.111 e. The van der Waals surface area contributed by atoms with Gasteiger partial charge in [-0.2, -0.15) is 0 Å². The van der Waals surface area contributed by atoms with E-state index in [1.807, 2.05) is 0 Å². The number of ether oxygens (including phenoxy) is 1. The second kappa shape index (κ2) is 5.35. The van der Waals surface area contributed by atoms with E-state index in [1.165, 1.54) is 24.8 Å². The Balaban J connectivity index is 1.93. The lowest BCUT2D eigenvalue weighted by molar-refractivity contribution is 0.104. The van der Waals surface area contributed by atoms with Crippen LogP contribution in [0.15, 0.2) is 42.2 Å². The Kier molecular flexibility index (Phi) is 3.58. The standard InChI is InChI=1S/C16H22N2O/c17-18-15(14-9-4-5-12-19-14)16(10-6-11-16)13-7-2-1-3-8-13/h1-3,7-9,15,18H,4-6,10-12,17H2. The number of nitrogens with one attached hydrogen (secondary N) is 1. The van der Waals surface area contributed by atoms with Gasteiger partial charge in [0.2, 0.25) is 0 Å². The van der Waals surface area contributed by atoms with E-state index in [4.69, 9.17) is 10.6 Å². The summed E-state index contributed by atoms with van der Waals surface area (Å²) >= 11 is 0. The van der Waals surface area contributed by atoms with Crippen LogP contribution in [-0.4, -0.2) is 12.6 Å². The Hall–Kier alpha value is -1.32. The van der Waals surface area contributed by atoms with E-state index in [9.17, 15) is 0 Å². The second-order valence-corrected chi connectivity index (χ2v) is 5.57. The first-order valence-corrected chi connectivity index (χ1v) is 7.21. The van der Waals surface area contributed by atoms with Crippen molar-refractivity contribution in [2.24, 2.45) is 5.84 Å². The third kappa shape index (κ3) is 2.17. The highest BCUT2D eigenvalue weighted by molar-refractivity contribution is 5.34. The fraction of sp³-hybridized carbons (Fsp3) is 0.500. The highest BCUT2D eigenvalue weighted by Crippen LogP contribution is 2.48. The highest BCUT2D eigenvalue weighted by Gasteiger charge is 2.47. The Morgan fingerprint density at radius 2 is 1.95 bits per heavy atom. The first-order valence-electron chi connectivity index (χ1n) is 7.21. The first kappa shape index (κ1) is 12.7. The molecule has 1 aromatic rings. The molecule has 1 heterocycles. The predicted molar refractivity (Wildman–Crippen MR) is 76.4 cm³/mol. The van der Waals surface area contributed by atoms with Crippen molar-refractivity contribution in [2.45, 2.75) is 43.6 Å². The summed E-state index contributed by atoms with van der Waals surface area (Å²) in [5.74, 6) is 6.90. The van der Waals surface area contributed by atoms with Gasteiger partial charge >= 0.3 is 0 Å². The van der Waals surface area contributed by atoms with Crippen LogP contribution in [0, 0.1) is 0 Å². The third-order valence-corrected chi connectivity index (χ3v) is 4.56. The molecule has 3 N–H and O–H groups in total. The maximum absolute atomic E-state index is 5.87. The van der Waals surface area contributed by atoms with Gasteiger partial charge < -0.3 is 4.74 Å². The maximum atomic E-state index is 5.87. The molecule has 1 aliphatic carbocycles. The van der Waals surface area contributed by atoms with Gasteiger partial charge in [-0.15, -0.1) is 0 Å². The average molecular weight is 258 g/mol. The Morgan fingerprint density at radius 3 is 2.47 bits per heavy atom. The van der Waals surface area contributed by atoms with E-state index < -0.39 is 0 Å². The fourth-order valence-electron chi connectivity index (χ4n) is 3.36. The van der Waals surface area contributed by atoms with Gasteiger partial charge in [-0.3, -0.25) is 5.84 Å². The molecule has 1 unspecified atom stereocenters. The molecule has 1 aromatic carbocycles. The quantitative estimate of drug-likeness (QED) is 0.644. The third-order valence-electron chi connectivity index (χ3n) is 4.56. The zero-order valence-electron chi connectivity index (χ0n) is 11.3. The van der Waals surface area contributed by atoms with Crippen LogP contribution in [0.4, 0.5) is 0 Å². The van der Waals surface area contributed by atoms with Crippen molar-refractivity contribution < 1.29 is 4.74 Å². The molecule has 0 radical (unpaired) electrons. The summed E-state index contributed by atoms with van der Waals surface area (Å²) in [4.78, 5) is 0. The number of nitrogens with two attached hydrogens (primary N) is 1. The summed E-state index contributed by atoms with van der Waals surface area (Å²) in [5, 5.41) is 0. The molecular weight excluding hydrogens is 236 g/mol. The lowest BCUT2D eigenvalue weighted by atomic mass is 9.59. The summed E-state index contributed by atoms with van der Waals surface area (Å²) in [5.41, 5.74) is 4.50. The van der Waals surface area contributed by atoms with E-state index in [-0.39, 0.29) is 11.5 Å². The number of rotatable bonds is 4. The van der Waals surface area contributed by atoms with Crippen molar-refractivity contribution in [3.8, 4) is 0 Å². The lowest BCUT2D eigenvalue weighted by Crippen LogP contribution is -2.56. The van der Waals surface area contributed by atoms with Gasteiger partial charge in [0.1, 0.15) is 5.76 Å². The van der Waals surface area contributed by atoms with Crippen molar-refractivity contribution in [3.63, 3.8) is 0 Å². The van der Waals surface area contributed by atoms with Gasteiger partial charge in [0, 0.05) is 5.41 Å². The molecule has 0 amide bonds. The number of hydrogen-bond donors (Lipinski definition) is 2. The van der Waals surface area contributed by atoms with E-state index in [0.717, 1.165) is 25.2 Å². The molecule has 0 saturated heterocycles. The van der Waals surface area contributed by atoms with Crippen LogP contribution >= 0.6 is 0 Å². The molecule has 0 aromatic heterocycles. The summed E-state index contributed by atoms with van der Waals surface area (Å²) in [7, 11) is 0. The van der Waals surface area contributed by atoms with Crippen molar-refractivity contribution in [1.82, 2.24) is 5.43 Å². The first-order chi connectivity index (χ1) is 9.37. The largest absolute Gasteiger partial charge is 0.497 e. The molecule has 0 bridgehead atoms. The summed E-state index contributed by atoms with van der Waals surface area (Å²) < 4.78 is 5.85. The molecule has 1 saturated carbocycles. The minimum absolute atomic E-state index is 0.101. The molecule has 1 aliphatic heterocycles. The molecule has 102 valence electrons. The summed E-state index contributed by atoms with van der Waals surface area (Å²) in [6, 6.07) is 10.8. The maximum Gasteiger partial charge on any atom is 0.111 e. The Labute approximate surface area is 114 Å². The van der Waals surface area contributed by atoms with Crippen LogP contribution in [0.5, 0.6) is 0 Å². The average Bonchev–Trinajstić information content (AvgIpc) is 2.44. The van der Waals surface area contributed by atoms with Crippen LogP contribution in [-0.2, 0) is 10.2 Å². The number of hydrogen-bond acceptors (Lipinski definition) is 3. The van der Waals surface area contributed by atoms with Crippen LogP contribution in [0.25, 0.3) is 0 Å². The molecule has 19 heavy (non-hydrogen) atoms. The normalized spacial score (nSPS) is 22.9. The highest BCUT2D eigenvalue weighted by atomic mass is 16.5. The molecule has 3 nitrogen and oxygen atoms in total. The second-order valence-electron chi connectivity index (χ2n) is 5.57. The van der Waals surface area contributed by atoms with E-state index in [0.29, 0.717) is 0 Å². The van der Waals surface area contributed by atoms with E-state index >= 15 is 0 Å². The molecule has 3 rings (SSSR count). The van der Waals surface area contributed by atoms with Gasteiger partial charge in [0.05, 0.1) is 12.6 Å². The van der Waals surface area contributed by atoms with Crippen molar-refractivity contribution >= 4 is 0 Å². The van der Waals surface area contributed by atoms with Crippen LogP contribution in [0.2, 0.25) is 0 Å². The van der Waals surface area contributed by atoms with Crippen molar-refractivity contribution in [2.75, 3.05) is 6.61 Å². The molecule has 2 aliphatic rings. The fourth-order valence-corrected chi connectivity index (χ4v) is 3.36. The molecular formula is C16H22N2O. The Bertz CT molecular complexity index is 451. The SMILES string of the molecule is NNC(C1=CCCCO1)C1(c2ccccc2)CCC1. The molecule has 0 spiro atoms. The lowest BCUT2D eigenvalue weighted by Gasteiger charge is -2.48. The van der Waals surface area contributed by atoms with Gasteiger partial charge in [0.15, 0.2) is 0 Å². The van der Waals surface area contributed by atoms with Crippen molar-refractivity contribution in [1.29, 1.82) is 0 Å². The predicted octanol–water partition coefficient (Wildman–Crippen LogP) is 2.63. The number of benzene rings is 1. The number of hydrazine groups is 1. The monoisotopic (exact) mass is 258 g/mol. The van der Waals surface area contributed by atoms with Crippen LogP contribution in [0.1, 0.15) is 37.7 Å². The van der Waals surface area contributed by atoms with E-state index in [1.54, 1.807) is 0 Å². The summed E-state index contributed by atoms with van der Waals surface area (Å²) in [6.07, 6.45) is 8.02. The molecule has 1 atom stereocenters. The van der Waals surface area contributed by atoms with Crippen LogP contribution < -0.4 is 11.3 Å². The van der Waals surface area contributed by atoms with Gasteiger partial charge in [-0.1, -0.05) is 36.8 Å². The zero-order valence-corrected chi connectivity index (χ0v) is 11.3. The van der Waals surface area contributed by atoms with Crippen molar-refractivity contribution in [3.05, 3.63) is 47.7 Å². The summed E-state index contributed by atoms with van der Waals surface area (Å²) in [6.45, 7) is 0.814. The minimum Gasteiger partial charge on any atom is -0.497 e. The minimum atomic E-state index is 0.101. The Morgan fingerprint density at radius 1 is 1.16 bits per heavy atom. The van der Waals surface area contributed by atoms with Gasteiger partial charge in [0.25, 0.3) is 0 Å². The number of allylic oxidation sites excluding steroid dienone is 1. The molecule has 3 heteroatoms.